The number of nitriles is 2. The molecule has 0 bridgehead atoms. The third-order valence-corrected chi connectivity index (χ3v) is 7.81. The lowest BCUT2D eigenvalue weighted by Crippen LogP contribution is -2.33. The second-order valence-electron chi connectivity index (χ2n) is 9.21. The maximum absolute atomic E-state index is 14.1. The Labute approximate surface area is 226 Å². The summed E-state index contributed by atoms with van der Waals surface area (Å²) in [6.07, 6.45) is 1.68. The number of nitrogens with two attached hydrogens (primary N) is 1. The van der Waals surface area contributed by atoms with E-state index in [1.165, 1.54) is 11.8 Å². The quantitative estimate of drug-likeness (QED) is 0.318. The number of carbonyl (C=O) groups is 1. The average Bonchev–Trinajstić information content (AvgIpc) is 3.10. The first-order chi connectivity index (χ1) is 18.4. The number of nitrogens with zero attached hydrogens (tertiary/aromatic N) is 4. The lowest BCUT2D eigenvalue weighted by molar-refractivity contribution is -0.117. The minimum Gasteiger partial charge on any atom is -0.383 e. The minimum absolute atomic E-state index is 0.0367. The molecule has 1 amide bonds. The molecule has 0 fully saturated rings. The molecule has 1 unspecified atom stereocenters. The van der Waals surface area contributed by atoms with Crippen LogP contribution in [0.15, 0.2) is 77.8 Å². The van der Waals surface area contributed by atoms with Gasteiger partial charge in [0.15, 0.2) is 0 Å². The summed E-state index contributed by atoms with van der Waals surface area (Å²) in [4.78, 5) is 20.3. The van der Waals surface area contributed by atoms with E-state index in [-0.39, 0.29) is 22.9 Å². The molecule has 7 heteroatoms. The van der Waals surface area contributed by atoms with Gasteiger partial charge in [-0.05, 0) is 55.5 Å². The number of nitrogen functional groups attached to an aromatic ring is 1. The highest BCUT2D eigenvalue weighted by Gasteiger charge is 2.31. The van der Waals surface area contributed by atoms with Crippen molar-refractivity contribution in [2.24, 2.45) is 0 Å². The molecule has 1 atom stereocenters. The van der Waals surface area contributed by atoms with E-state index in [9.17, 15) is 15.3 Å². The van der Waals surface area contributed by atoms with Crippen LogP contribution in [0, 0.1) is 29.6 Å². The Morgan fingerprint density at radius 3 is 2.03 bits per heavy atom. The molecule has 6 nitrogen and oxygen atoms in total. The summed E-state index contributed by atoms with van der Waals surface area (Å²) in [6.45, 7) is 3.78. The molecule has 186 valence electrons. The highest BCUT2D eigenvalue weighted by Crippen LogP contribution is 2.40. The maximum atomic E-state index is 14.1. The van der Waals surface area contributed by atoms with Crippen LogP contribution in [0.3, 0.4) is 0 Å². The zero-order valence-electron chi connectivity index (χ0n) is 21.1. The average molecular weight is 516 g/mol. The van der Waals surface area contributed by atoms with Gasteiger partial charge in [-0.15, -0.1) is 0 Å². The number of hydrogen-bond donors (Lipinski definition) is 1. The van der Waals surface area contributed by atoms with Gasteiger partial charge in [-0.2, -0.15) is 10.5 Å². The first kappa shape index (κ1) is 25.1. The molecule has 4 aromatic rings. The van der Waals surface area contributed by atoms with E-state index in [4.69, 9.17) is 5.73 Å². The fraction of sp³-hybridized carbons (Fsp3) is 0.161. The fourth-order valence-corrected chi connectivity index (χ4v) is 5.77. The van der Waals surface area contributed by atoms with Crippen molar-refractivity contribution in [1.29, 1.82) is 10.5 Å². The molecule has 1 aliphatic rings. The van der Waals surface area contributed by atoms with Crippen LogP contribution in [0.1, 0.15) is 34.7 Å². The summed E-state index contributed by atoms with van der Waals surface area (Å²) >= 11 is 1.18. The van der Waals surface area contributed by atoms with Gasteiger partial charge in [-0.1, -0.05) is 78.0 Å². The van der Waals surface area contributed by atoms with Crippen LogP contribution in [0.25, 0.3) is 11.1 Å². The van der Waals surface area contributed by atoms with Crippen LogP contribution < -0.4 is 10.6 Å². The van der Waals surface area contributed by atoms with Crippen molar-refractivity contribution in [2.75, 3.05) is 10.6 Å². The van der Waals surface area contributed by atoms with Gasteiger partial charge >= 0.3 is 0 Å². The third kappa shape index (κ3) is 4.49. The number of para-hydroxylation sites is 2. The van der Waals surface area contributed by atoms with Gasteiger partial charge in [0.1, 0.15) is 28.5 Å². The Kier molecular flexibility index (Phi) is 6.87. The predicted molar refractivity (Wildman–Crippen MR) is 151 cm³/mol. The van der Waals surface area contributed by atoms with Crippen molar-refractivity contribution < 1.29 is 4.79 Å². The van der Waals surface area contributed by atoms with Gasteiger partial charge in [-0.3, -0.25) is 9.69 Å². The van der Waals surface area contributed by atoms with Crippen molar-refractivity contribution in [3.8, 4) is 23.3 Å². The number of aromatic nitrogens is 1. The highest BCUT2D eigenvalue weighted by molar-refractivity contribution is 8.00. The summed E-state index contributed by atoms with van der Waals surface area (Å²) in [5.74, 6) is -0.0861. The Balaban J connectivity index is 1.58. The molecule has 1 aliphatic heterocycles. The molecule has 0 saturated heterocycles. The van der Waals surface area contributed by atoms with Gasteiger partial charge in [0.2, 0.25) is 5.91 Å². The van der Waals surface area contributed by atoms with Crippen LogP contribution >= 0.6 is 11.8 Å². The number of aryl methyl sites for hydroxylation is 3. The molecule has 2 N–H and O–H groups in total. The van der Waals surface area contributed by atoms with E-state index in [1.54, 1.807) is 4.90 Å². The monoisotopic (exact) mass is 515 g/mol. The van der Waals surface area contributed by atoms with Gasteiger partial charge in [0.25, 0.3) is 0 Å². The summed E-state index contributed by atoms with van der Waals surface area (Å²) in [6, 6.07) is 27.8. The van der Waals surface area contributed by atoms with Gasteiger partial charge < -0.3 is 5.73 Å². The number of amides is 1. The van der Waals surface area contributed by atoms with Crippen molar-refractivity contribution >= 4 is 34.9 Å². The topological polar surface area (TPSA) is 107 Å². The number of rotatable bonds is 4. The second kappa shape index (κ2) is 10.4. The molecular weight excluding hydrogens is 490 g/mol. The lowest BCUT2D eigenvalue weighted by atomic mass is 9.96. The lowest BCUT2D eigenvalue weighted by Gasteiger charge is -2.27. The van der Waals surface area contributed by atoms with E-state index in [0.29, 0.717) is 16.2 Å². The number of anilines is 3. The maximum Gasteiger partial charge on any atom is 0.244 e. The van der Waals surface area contributed by atoms with Crippen molar-refractivity contribution in [3.05, 3.63) is 101 Å². The summed E-state index contributed by atoms with van der Waals surface area (Å²) in [7, 11) is 0. The van der Waals surface area contributed by atoms with E-state index in [1.807, 2.05) is 74.5 Å². The summed E-state index contributed by atoms with van der Waals surface area (Å²) in [5, 5.41) is 19.7. The number of pyridine rings is 1. The van der Waals surface area contributed by atoms with Crippen LogP contribution in [-0.2, 0) is 17.6 Å². The standard InChI is InChI=1S/C31H25N5OS/c1-19-11-13-23(14-12-19)28-24(17-32)29(34)35-30(25(28)18-33)38-20(2)31(37)36-26-9-5-3-7-21(26)15-16-22-8-4-6-10-27(22)36/h3-14,20H,15-16H2,1-2H3,(H2,34,35). The van der Waals surface area contributed by atoms with Crippen molar-refractivity contribution in [1.82, 2.24) is 4.98 Å². The number of benzene rings is 3. The summed E-state index contributed by atoms with van der Waals surface area (Å²) < 4.78 is 0. The zero-order chi connectivity index (χ0) is 26.8. The van der Waals surface area contributed by atoms with E-state index in [2.05, 4.69) is 29.3 Å². The number of hydrogen-bond acceptors (Lipinski definition) is 6. The van der Waals surface area contributed by atoms with Crippen LogP contribution in [-0.4, -0.2) is 16.1 Å². The van der Waals surface area contributed by atoms with E-state index < -0.39 is 5.25 Å². The molecule has 0 saturated carbocycles. The van der Waals surface area contributed by atoms with Gasteiger partial charge in [-0.25, -0.2) is 4.98 Å². The Hall–Kier alpha value is -4.59. The van der Waals surface area contributed by atoms with E-state index in [0.717, 1.165) is 40.9 Å². The molecular formula is C31H25N5OS. The SMILES string of the molecule is Cc1ccc(-c2c(C#N)c(N)nc(SC(C)C(=O)N3c4ccccc4CCc4ccccc43)c2C#N)cc1. The predicted octanol–water partition coefficient (Wildman–Crippen LogP) is 6.33. The van der Waals surface area contributed by atoms with Crippen LogP contribution in [0.4, 0.5) is 17.2 Å². The zero-order valence-corrected chi connectivity index (χ0v) is 21.9. The molecule has 1 aromatic heterocycles. The number of fused-ring (bicyclic) bond motifs is 2. The van der Waals surface area contributed by atoms with Gasteiger partial charge in [0.05, 0.1) is 22.2 Å². The number of carbonyl (C=O) groups excluding carboxylic acids is 1. The Morgan fingerprint density at radius 1 is 0.921 bits per heavy atom. The Morgan fingerprint density at radius 2 is 1.47 bits per heavy atom. The smallest absolute Gasteiger partial charge is 0.244 e. The second-order valence-corrected chi connectivity index (χ2v) is 10.5. The largest absolute Gasteiger partial charge is 0.383 e. The molecule has 0 aliphatic carbocycles. The van der Waals surface area contributed by atoms with Crippen LogP contribution in [0.5, 0.6) is 0 Å². The van der Waals surface area contributed by atoms with E-state index >= 15 is 0 Å². The summed E-state index contributed by atoms with van der Waals surface area (Å²) in [5.41, 5.74) is 12.7. The van der Waals surface area contributed by atoms with Gasteiger partial charge in [0, 0.05) is 5.56 Å². The first-order valence-electron chi connectivity index (χ1n) is 12.3. The fourth-order valence-electron chi connectivity index (χ4n) is 4.81. The molecule has 5 rings (SSSR count). The number of thioether (sulfide) groups is 1. The van der Waals surface area contributed by atoms with Crippen LogP contribution in [0.2, 0.25) is 0 Å². The molecule has 38 heavy (non-hydrogen) atoms. The highest BCUT2D eigenvalue weighted by atomic mass is 32.2. The molecule has 0 radical (unpaired) electrons. The third-order valence-electron chi connectivity index (χ3n) is 6.74. The van der Waals surface area contributed by atoms with Crippen molar-refractivity contribution in [2.45, 2.75) is 37.0 Å². The molecule has 2 heterocycles. The molecule has 3 aromatic carbocycles. The molecule has 0 spiro atoms. The Bertz CT molecular complexity index is 1580. The normalized spacial score (nSPS) is 12.9. The first-order valence-corrected chi connectivity index (χ1v) is 13.2. The van der Waals surface area contributed by atoms with Crippen molar-refractivity contribution in [3.63, 3.8) is 0 Å². The minimum atomic E-state index is -0.591.